The van der Waals surface area contributed by atoms with Crippen molar-refractivity contribution in [3.63, 3.8) is 0 Å². The Kier molecular flexibility index (Phi) is 5.07. The van der Waals surface area contributed by atoms with Crippen molar-refractivity contribution in [3.8, 4) is 11.4 Å². The van der Waals surface area contributed by atoms with Crippen molar-refractivity contribution in [2.75, 3.05) is 6.54 Å². The minimum atomic E-state index is -0.822. The van der Waals surface area contributed by atoms with Gasteiger partial charge >= 0.3 is 5.97 Å². The van der Waals surface area contributed by atoms with E-state index in [0.717, 1.165) is 17.5 Å². The van der Waals surface area contributed by atoms with Crippen molar-refractivity contribution in [1.82, 2.24) is 14.9 Å². The van der Waals surface area contributed by atoms with Crippen molar-refractivity contribution in [2.45, 2.75) is 32.2 Å². The van der Waals surface area contributed by atoms with Crippen molar-refractivity contribution < 1.29 is 14.7 Å². The molecular formula is C19H21N3O3. The first kappa shape index (κ1) is 17.1. The lowest BCUT2D eigenvalue weighted by Gasteiger charge is -2.36. The molecule has 6 nitrogen and oxygen atoms in total. The van der Waals surface area contributed by atoms with Gasteiger partial charge in [-0.2, -0.15) is 0 Å². The van der Waals surface area contributed by atoms with Crippen molar-refractivity contribution in [2.24, 2.45) is 5.92 Å². The van der Waals surface area contributed by atoms with E-state index in [4.69, 9.17) is 0 Å². The zero-order chi connectivity index (χ0) is 17.8. The number of hydrogen-bond acceptors (Lipinski definition) is 4. The van der Waals surface area contributed by atoms with E-state index in [1.54, 1.807) is 23.4 Å². The van der Waals surface area contributed by atoms with E-state index in [-0.39, 0.29) is 18.4 Å². The Labute approximate surface area is 146 Å². The molecule has 0 unspecified atom stereocenters. The molecule has 1 amide bonds. The fourth-order valence-corrected chi connectivity index (χ4v) is 3.15. The summed E-state index contributed by atoms with van der Waals surface area (Å²) >= 11 is 0. The van der Waals surface area contributed by atoms with Gasteiger partial charge in [0.05, 0.1) is 12.3 Å². The Morgan fingerprint density at radius 2 is 1.84 bits per heavy atom. The van der Waals surface area contributed by atoms with Crippen LogP contribution in [0, 0.1) is 5.92 Å². The highest BCUT2D eigenvalue weighted by Gasteiger charge is 2.32. The van der Waals surface area contributed by atoms with Gasteiger partial charge in [0, 0.05) is 30.5 Å². The first-order chi connectivity index (χ1) is 12.0. The summed E-state index contributed by atoms with van der Waals surface area (Å²) < 4.78 is 0. The van der Waals surface area contributed by atoms with Crippen LogP contribution in [0.15, 0.2) is 42.7 Å². The number of hydrogen-bond donors (Lipinski definition) is 1. The van der Waals surface area contributed by atoms with E-state index in [2.05, 4.69) is 9.97 Å². The minimum absolute atomic E-state index is 0.0258. The highest BCUT2D eigenvalue weighted by atomic mass is 16.4. The number of carboxylic acids is 1. The summed E-state index contributed by atoms with van der Waals surface area (Å²) in [6.07, 6.45) is 5.01. The maximum atomic E-state index is 12.6. The molecule has 1 aromatic carbocycles. The molecule has 1 N–H and O–H groups in total. The van der Waals surface area contributed by atoms with Gasteiger partial charge in [0.25, 0.3) is 0 Å². The van der Waals surface area contributed by atoms with Crippen LogP contribution in [0.5, 0.6) is 0 Å². The Bertz CT molecular complexity index is 746. The Morgan fingerprint density at radius 3 is 2.48 bits per heavy atom. The third-order valence-electron chi connectivity index (χ3n) is 4.68. The lowest BCUT2D eigenvalue weighted by atomic mass is 9.93. The molecule has 0 aliphatic carbocycles. The van der Waals surface area contributed by atoms with Gasteiger partial charge in [-0.3, -0.25) is 9.59 Å². The number of carbonyl (C=O) groups excluding carboxylic acids is 1. The molecule has 2 heterocycles. The van der Waals surface area contributed by atoms with E-state index in [1.807, 2.05) is 31.2 Å². The molecule has 2 atom stereocenters. The van der Waals surface area contributed by atoms with E-state index >= 15 is 0 Å². The highest BCUT2D eigenvalue weighted by Crippen LogP contribution is 2.23. The molecule has 6 heteroatoms. The first-order valence-corrected chi connectivity index (χ1v) is 8.43. The van der Waals surface area contributed by atoms with Crippen molar-refractivity contribution in [1.29, 1.82) is 0 Å². The third-order valence-corrected chi connectivity index (χ3v) is 4.68. The number of aromatic nitrogens is 2. The number of nitrogens with zero attached hydrogens (tertiary/aromatic N) is 3. The first-order valence-electron chi connectivity index (χ1n) is 8.43. The summed E-state index contributed by atoms with van der Waals surface area (Å²) in [6.45, 7) is 2.27. The maximum Gasteiger partial charge on any atom is 0.308 e. The quantitative estimate of drug-likeness (QED) is 0.925. The largest absolute Gasteiger partial charge is 0.481 e. The standard InChI is InChI=1S/C19H21N3O3/c1-13-3-6-16(19(24)25)12-22(13)17(23)11-14-4-7-15(8-5-14)18-20-9-2-10-21-18/h2,4-5,7-10,13,16H,3,6,11-12H2,1H3,(H,24,25)/t13-,16+/m0/s1. The number of amides is 1. The number of likely N-dealkylation sites (tertiary alicyclic amines) is 1. The SMILES string of the molecule is C[C@H]1CC[C@@H](C(=O)O)CN1C(=O)Cc1ccc(-c2ncccn2)cc1. The van der Waals surface area contributed by atoms with Gasteiger partial charge in [-0.1, -0.05) is 24.3 Å². The average molecular weight is 339 g/mol. The highest BCUT2D eigenvalue weighted by molar-refractivity contribution is 5.80. The van der Waals surface area contributed by atoms with Crippen LogP contribution in [0.25, 0.3) is 11.4 Å². The predicted octanol–water partition coefficient (Wildman–Crippen LogP) is 2.40. The van der Waals surface area contributed by atoms with Crippen LogP contribution >= 0.6 is 0 Å². The fourth-order valence-electron chi connectivity index (χ4n) is 3.15. The zero-order valence-electron chi connectivity index (χ0n) is 14.1. The number of benzene rings is 1. The van der Waals surface area contributed by atoms with Crippen LogP contribution in [-0.4, -0.2) is 44.4 Å². The van der Waals surface area contributed by atoms with Gasteiger partial charge in [-0.25, -0.2) is 9.97 Å². The van der Waals surface area contributed by atoms with Gasteiger partial charge in [0.2, 0.25) is 5.91 Å². The van der Waals surface area contributed by atoms with Gasteiger partial charge in [0.1, 0.15) is 0 Å². The normalized spacial score (nSPS) is 20.3. The molecule has 3 rings (SSSR count). The van der Waals surface area contributed by atoms with Crippen LogP contribution < -0.4 is 0 Å². The predicted molar refractivity (Wildman–Crippen MR) is 92.7 cm³/mol. The molecule has 1 saturated heterocycles. The Balaban J connectivity index is 1.67. The number of carboxylic acid groups (broad SMARTS) is 1. The molecule has 0 saturated carbocycles. The second-order valence-corrected chi connectivity index (χ2v) is 6.45. The third kappa shape index (κ3) is 4.02. The van der Waals surface area contributed by atoms with Gasteiger partial charge in [-0.15, -0.1) is 0 Å². The van der Waals surface area contributed by atoms with E-state index < -0.39 is 11.9 Å². The Morgan fingerprint density at radius 1 is 1.16 bits per heavy atom. The number of piperidine rings is 1. The summed E-state index contributed by atoms with van der Waals surface area (Å²) in [4.78, 5) is 33.9. The van der Waals surface area contributed by atoms with Crippen LogP contribution in [-0.2, 0) is 16.0 Å². The molecule has 2 aromatic rings. The number of carbonyl (C=O) groups is 2. The van der Waals surface area contributed by atoms with Crippen molar-refractivity contribution in [3.05, 3.63) is 48.3 Å². The smallest absolute Gasteiger partial charge is 0.308 e. The molecule has 0 bridgehead atoms. The topological polar surface area (TPSA) is 83.4 Å². The summed E-state index contributed by atoms with van der Waals surface area (Å²) in [5.41, 5.74) is 1.79. The lowest BCUT2D eigenvalue weighted by Crippen LogP contribution is -2.47. The molecule has 1 aliphatic heterocycles. The number of aliphatic carboxylic acids is 1. The summed E-state index contributed by atoms with van der Waals surface area (Å²) in [7, 11) is 0. The minimum Gasteiger partial charge on any atom is -0.481 e. The molecule has 1 aromatic heterocycles. The maximum absolute atomic E-state index is 12.6. The van der Waals surface area contributed by atoms with Crippen LogP contribution in [0.3, 0.4) is 0 Å². The van der Waals surface area contributed by atoms with E-state index in [9.17, 15) is 14.7 Å². The Hall–Kier alpha value is -2.76. The van der Waals surface area contributed by atoms with Crippen LogP contribution in [0.2, 0.25) is 0 Å². The second kappa shape index (κ2) is 7.42. The summed E-state index contributed by atoms with van der Waals surface area (Å²) in [5, 5.41) is 9.20. The molecular weight excluding hydrogens is 318 g/mol. The van der Waals surface area contributed by atoms with Crippen LogP contribution in [0.1, 0.15) is 25.3 Å². The molecule has 25 heavy (non-hydrogen) atoms. The van der Waals surface area contributed by atoms with E-state index in [1.165, 1.54) is 0 Å². The monoisotopic (exact) mass is 339 g/mol. The second-order valence-electron chi connectivity index (χ2n) is 6.45. The number of rotatable bonds is 4. The average Bonchev–Trinajstić information content (AvgIpc) is 2.63. The van der Waals surface area contributed by atoms with Crippen LogP contribution in [0.4, 0.5) is 0 Å². The molecule has 1 fully saturated rings. The lowest BCUT2D eigenvalue weighted by molar-refractivity contribution is -0.146. The fraction of sp³-hybridized carbons (Fsp3) is 0.368. The summed E-state index contributed by atoms with van der Waals surface area (Å²) in [6, 6.07) is 9.44. The summed E-state index contributed by atoms with van der Waals surface area (Å²) in [5.74, 6) is -0.661. The van der Waals surface area contributed by atoms with Gasteiger partial charge < -0.3 is 10.0 Å². The molecule has 0 radical (unpaired) electrons. The van der Waals surface area contributed by atoms with Crippen molar-refractivity contribution >= 4 is 11.9 Å². The van der Waals surface area contributed by atoms with E-state index in [0.29, 0.717) is 18.8 Å². The van der Waals surface area contributed by atoms with Gasteiger partial charge in [0.15, 0.2) is 5.82 Å². The molecule has 1 aliphatic rings. The zero-order valence-corrected chi connectivity index (χ0v) is 14.1. The molecule has 130 valence electrons. The van der Waals surface area contributed by atoms with Gasteiger partial charge in [-0.05, 0) is 31.4 Å². The molecule has 0 spiro atoms.